The van der Waals surface area contributed by atoms with Gasteiger partial charge in [-0.3, -0.25) is 4.79 Å². The van der Waals surface area contributed by atoms with Gasteiger partial charge in [-0.05, 0) is 56.3 Å². The molecule has 1 fully saturated rings. The molecule has 0 saturated carbocycles. The molecule has 1 saturated heterocycles. The maximum Gasteiger partial charge on any atom is 0.228 e. The quantitative estimate of drug-likeness (QED) is 0.848. The van der Waals surface area contributed by atoms with E-state index in [1.165, 1.54) is 10.5 Å². The van der Waals surface area contributed by atoms with E-state index < -0.39 is 0 Å². The fourth-order valence-electron chi connectivity index (χ4n) is 3.11. The number of hydrogen-bond donors (Lipinski definition) is 1. The summed E-state index contributed by atoms with van der Waals surface area (Å²) in [4.78, 5) is 16.0. The van der Waals surface area contributed by atoms with Crippen LogP contribution < -0.4 is 5.32 Å². The number of piperidine rings is 1. The van der Waals surface area contributed by atoms with Gasteiger partial charge in [0.25, 0.3) is 0 Å². The Morgan fingerprint density at radius 1 is 1.29 bits per heavy atom. The Kier molecular flexibility index (Phi) is 5.71. The first-order valence-corrected chi connectivity index (χ1v) is 8.93. The lowest BCUT2D eigenvalue weighted by atomic mass is 9.75. The number of carbonyl (C=O) groups excluding carboxylic acids is 1. The van der Waals surface area contributed by atoms with Crippen LogP contribution >= 0.6 is 11.8 Å². The molecule has 0 spiro atoms. The van der Waals surface area contributed by atoms with Crippen molar-refractivity contribution in [2.45, 2.75) is 37.6 Å². The van der Waals surface area contributed by atoms with Crippen LogP contribution in [0.3, 0.4) is 0 Å². The van der Waals surface area contributed by atoms with Crippen molar-refractivity contribution in [3.05, 3.63) is 29.8 Å². The second kappa shape index (κ2) is 7.32. The molecule has 21 heavy (non-hydrogen) atoms. The monoisotopic (exact) mass is 306 g/mol. The van der Waals surface area contributed by atoms with Gasteiger partial charge >= 0.3 is 0 Å². The van der Waals surface area contributed by atoms with Gasteiger partial charge in [0, 0.05) is 18.5 Å². The van der Waals surface area contributed by atoms with E-state index in [9.17, 15) is 4.79 Å². The third-order valence-corrected chi connectivity index (χ3v) is 5.36. The highest BCUT2D eigenvalue weighted by atomic mass is 32.2. The van der Waals surface area contributed by atoms with E-state index in [2.05, 4.69) is 42.8 Å². The van der Waals surface area contributed by atoms with Crippen LogP contribution in [0.15, 0.2) is 29.2 Å². The summed E-state index contributed by atoms with van der Waals surface area (Å²) in [6.07, 6.45) is 4.92. The van der Waals surface area contributed by atoms with Crippen molar-refractivity contribution in [1.82, 2.24) is 10.2 Å². The van der Waals surface area contributed by atoms with Gasteiger partial charge in [-0.15, -0.1) is 11.8 Å². The summed E-state index contributed by atoms with van der Waals surface area (Å²) in [5.41, 5.74) is 1.04. The average molecular weight is 306 g/mol. The first kappa shape index (κ1) is 16.4. The molecule has 0 unspecified atom stereocenters. The molecule has 0 bridgehead atoms. The molecule has 3 nitrogen and oxygen atoms in total. The average Bonchev–Trinajstić information content (AvgIpc) is 2.55. The Morgan fingerprint density at radius 2 is 1.90 bits per heavy atom. The third-order valence-electron chi connectivity index (χ3n) is 4.62. The van der Waals surface area contributed by atoms with Crippen molar-refractivity contribution in [3.8, 4) is 0 Å². The highest BCUT2D eigenvalue weighted by Gasteiger charge is 2.39. The highest BCUT2D eigenvalue weighted by Crippen LogP contribution is 2.34. The number of nitrogens with one attached hydrogen (secondary N) is 1. The summed E-state index contributed by atoms with van der Waals surface area (Å²) in [5, 5.41) is 3.36. The molecular formula is C17H26N2OS. The lowest BCUT2D eigenvalue weighted by Gasteiger charge is -2.38. The van der Waals surface area contributed by atoms with E-state index in [0.717, 1.165) is 32.4 Å². The molecule has 2 rings (SSSR count). The Hall–Kier alpha value is -1.00. The number of thioether (sulfide) groups is 1. The Labute approximate surface area is 132 Å². The zero-order chi connectivity index (χ0) is 15.3. The number of carbonyl (C=O) groups is 1. The van der Waals surface area contributed by atoms with E-state index in [0.29, 0.717) is 12.5 Å². The van der Waals surface area contributed by atoms with Gasteiger partial charge in [0.15, 0.2) is 0 Å². The van der Waals surface area contributed by atoms with Crippen molar-refractivity contribution < 1.29 is 4.79 Å². The van der Waals surface area contributed by atoms with E-state index in [1.807, 2.05) is 11.9 Å². The second-order valence-electron chi connectivity index (χ2n) is 5.89. The zero-order valence-corrected chi connectivity index (χ0v) is 14.1. The van der Waals surface area contributed by atoms with Crippen molar-refractivity contribution in [3.63, 3.8) is 0 Å². The van der Waals surface area contributed by atoms with Gasteiger partial charge in [0.2, 0.25) is 5.91 Å². The first-order valence-electron chi connectivity index (χ1n) is 7.70. The summed E-state index contributed by atoms with van der Waals surface area (Å²) in [6, 6.07) is 8.49. The molecule has 1 aromatic rings. The van der Waals surface area contributed by atoms with Crippen molar-refractivity contribution >= 4 is 17.7 Å². The Bertz CT molecular complexity index is 466. The van der Waals surface area contributed by atoms with Gasteiger partial charge in [-0.1, -0.05) is 19.1 Å². The molecule has 1 heterocycles. The van der Waals surface area contributed by atoms with Crippen molar-refractivity contribution in [2.24, 2.45) is 5.41 Å². The number of benzene rings is 1. The molecule has 1 aromatic carbocycles. The molecule has 4 heteroatoms. The molecule has 116 valence electrons. The molecule has 0 aromatic heterocycles. The molecule has 1 N–H and O–H groups in total. The van der Waals surface area contributed by atoms with Crippen LogP contribution in [-0.4, -0.2) is 37.2 Å². The van der Waals surface area contributed by atoms with Crippen LogP contribution in [0.5, 0.6) is 0 Å². The Balaban J connectivity index is 2.03. The van der Waals surface area contributed by atoms with Crippen molar-refractivity contribution in [1.29, 1.82) is 0 Å². The van der Waals surface area contributed by atoms with Crippen LogP contribution in [0.4, 0.5) is 0 Å². The molecular weight excluding hydrogens is 280 g/mol. The molecule has 1 aliphatic rings. The molecule has 0 radical (unpaired) electrons. The second-order valence-corrected chi connectivity index (χ2v) is 6.77. The largest absolute Gasteiger partial charge is 0.341 e. The normalized spacial score (nSPS) is 17.5. The Morgan fingerprint density at radius 3 is 2.43 bits per heavy atom. The summed E-state index contributed by atoms with van der Waals surface area (Å²) >= 11 is 1.74. The standard InChI is InChI=1S/C17H26N2OS/c1-4-17(9-11-18-12-10-17)16(20)19(2)13-14-5-7-15(21-3)8-6-14/h5-8,18H,4,9-13H2,1-3H3. The topological polar surface area (TPSA) is 32.3 Å². The van der Waals surface area contributed by atoms with E-state index in [-0.39, 0.29) is 5.41 Å². The minimum absolute atomic E-state index is 0.154. The maximum absolute atomic E-state index is 12.9. The van der Waals surface area contributed by atoms with E-state index in [4.69, 9.17) is 0 Å². The van der Waals surface area contributed by atoms with E-state index in [1.54, 1.807) is 11.8 Å². The van der Waals surface area contributed by atoms with Gasteiger partial charge in [-0.2, -0.15) is 0 Å². The minimum atomic E-state index is -0.154. The highest BCUT2D eigenvalue weighted by molar-refractivity contribution is 7.98. The lowest BCUT2D eigenvalue weighted by Crippen LogP contribution is -2.47. The fraction of sp³-hybridized carbons (Fsp3) is 0.588. The molecule has 1 aliphatic heterocycles. The van der Waals surface area contributed by atoms with Gasteiger partial charge < -0.3 is 10.2 Å². The maximum atomic E-state index is 12.9. The number of amides is 1. The zero-order valence-electron chi connectivity index (χ0n) is 13.3. The fourth-order valence-corrected chi connectivity index (χ4v) is 3.51. The smallest absolute Gasteiger partial charge is 0.228 e. The number of nitrogens with zero attached hydrogens (tertiary/aromatic N) is 1. The van der Waals surface area contributed by atoms with Gasteiger partial charge in [0.05, 0.1) is 5.41 Å². The van der Waals surface area contributed by atoms with Crippen LogP contribution in [0, 0.1) is 5.41 Å². The SMILES string of the molecule is CCC1(C(=O)N(C)Cc2ccc(SC)cc2)CCNCC1. The predicted molar refractivity (Wildman–Crippen MR) is 89.5 cm³/mol. The minimum Gasteiger partial charge on any atom is -0.341 e. The summed E-state index contributed by atoms with van der Waals surface area (Å²) in [7, 11) is 1.93. The van der Waals surface area contributed by atoms with Crippen LogP contribution in [-0.2, 0) is 11.3 Å². The van der Waals surface area contributed by atoms with Crippen LogP contribution in [0.1, 0.15) is 31.7 Å². The molecule has 0 atom stereocenters. The predicted octanol–water partition coefficient (Wildman–Crippen LogP) is 3.15. The van der Waals surface area contributed by atoms with Crippen molar-refractivity contribution in [2.75, 3.05) is 26.4 Å². The molecule has 0 aliphatic carbocycles. The van der Waals surface area contributed by atoms with Crippen LogP contribution in [0.25, 0.3) is 0 Å². The van der Waals surface area contributed by atoms with Gasteiger partial charge in [0.1, 0.15) is 0 Å². The summed E-state index contributed by atoms with van der Waals surface area (Å²) < 4.78 is 0. The third kappa shape index (κ3) is 3.80. The molecule has 1 amide bonds. The summed E-state index contributed by atoms with van der Waals surface area (Å²) in [6.45, 7) is 4.75. The lowest BCUT2D eigenvalue weighted by molar-refractivity contribution is -0.143. The number of rotatable bonds is 5. The summed E-state index contributed by atoms with van der Waals surface area (Å²) in [5.74, 6) is 0.306. The first-order chi connectivity index (χ1) is 10.1. The van der Waals surface area contributed by atoms with Crippen LogP contribution in [0.2, 0.25) is 0 Å². The number of hydrogen-bond acceptors (Lipinski definition) is 3. The van der Waals surface area contributed by atoms with Gasteiger partial charge in [-0.25, -0.2) is 0 Å². The van der Waals surface area contributed by atoms with E-state index >= 15 is 0 Å².